The van der Waals surface area contributed by atoms with Crippen molar-refractivity contribution in [2.24, 2.45) is 5.92 Å². The Morgan fingerprint density at radius 1 is 1.47 bits per heavy atom. The molecule has 0 saturated heterocycles. The van der Waals surface area contributed by atoms with Gasteiger partial charge in [-0.3, -0.25) is 4.79 Å². The van der Waals surface area contributed by atoms with Crippen molar-refractivity contribution in [1.82, 2.24) is 5.32 Å². The van der Waals surface area contributed by atoms with E-state index in [4.69, 9.17) is 0 Å². The van der Waals surface area contributed by atoms with Crippen molar-refractivity contribution in [3.63, 3.8) is 0 Å². The third kappa shape index (κ3) is 3.72. The average molecular weight is 326 g/mol. The van der Waals surface area contributed by atoms with E-state index in [0.29, 0.717) is 21.9 Å². The molecule has 0 bridgehead atoms. The van der Waals surface area contributed by atoms with Crippen LogP contribution >= 0.6 is 15.9 Å². The second-order valence-corrected chi connectivity index (χ2v) is 6.58. The fourth-order valence-corrected chi connectivity index (χ4v) is 3.46. The lowest BCUT2D eigenvalue weighted by atomic mass is 9.89. The van der Waals surface area contributed by atoms with Gasteiger partial charge in [0.25, 0.3) is 5.91 Å². The van der Waals surface area contributed by atoms with Crippen LogP contribution in [0.2, 0.25) is 0 Å². The number of alkyl halides is 1. The van der Waals surface area contributed by atoms with Gasteiger partial charge in [0.1, 0.15) is 5.75 Å². The fourth-order valence-electron chi connectivity index (χ4n) is 2.61. The van der Waals surface area contributed by atoms with Gasteiger partial charge in [-0.1, -0.05) is 28.4 Å². The lowest BCUT2D eigenvalue weighted by Crippen LogP contribution is -2.32. The zero-order chi connectivity index (χ0) is 13.8. The molecule has 1 amide bonds. The molecule has 19 heavy (non-hydrogen) atoms. The monoisotopic (exact) mass is 325 g/mol. The quantitative estimate of drug-likeness (QED) is 0.837. The predicted octanol–water partition coefficient (Wildman–Crippen LogP) is 3.38. The smallest absolute Gasteiger partial charge is 0.251 e. The molecule has 0 heterocycles. The molecule has 2 unspecified atom stereocenters. The lowest BCUT2D eigenvalue weighted by molar-refractivity contribution is 0.0943. The van der Waals surface area contributed by atoms with Crippen molar-refractivity contribution < 1.29 is 9.90 Å². The Kier molecular flexibility index (Phi) is 4.86. The number of nitrogens with one attached hydrogen (secondary N) is 1. The first-order valence-electron chi connectivity index (χ1n) is 6.78. The molecule has 2 rings (SSSR count). The molecule has 2 N–H and O–H groups in total. The summed E-state index contributed by atoms with van der Waals surface area (Å²) in [6, 6.07) is 5.05. The van der Waals surface area contributed by atoms with E-state index < -0.39 is 0 Å². The van der Waals surface area contributed by atoms with Gasteiger partial charge in [0.05, 0.1) is 0 Å². The molecule has 4 heteroatoms. The minimum Gasteiger partial charge on any atom is -0.508 e. The molecule has 1 aliphatic rings. The van der Waals surface area contributed by atoms with Gasteiger partial charge in [-0.2, -0.15) is 0 Å². The van der Waals surface area contributed by atoms with E-state index in [2.05, 4.69) is 21.2 Å². The van der Waals surface area contributed by atoms with Crippen LogP contribution in [0.4, 0.5) is 0 Å². The number of hydrogen-bond acceptors (Lipinski definition) is 2. The topological polar surface area (TPSA) is 49.3 Å². The van der Waals surface area contributed by atoms with Crippen molar-refractivity contribution in [2.45, 2.75) is 37.4 Å². The number of hydrogen-bond donors (Lipinski definition) is 2. The number of benzene rings is 1. The highest BCUT2D eigenvalue weighted by Gasteiger charge is 2.21. The molecule has 0 aliphatic heterocycles. The first-order valence-corrected chi connectivity index (χ1v) is 7.70. The number of aromatic hydroxyl groups is 1. The van der Waals surface area contributed by atoms with Crippen LogP contribution in [0.3, 0.4) is 0 Å². The minimum absolute atomic E-state index is 0.0925. The molecule has 104 valence electrons. The van der Waals surface area contributed by atoms with Crippen LogP contribution in [0.15, 0.2) is 18.2 Å². The minimum atomic E-state index is -0.0925. The Labute approximate surface area is 122 Å². The Bertz CT molecular complexity index is 461. The van der Waals surface area contributed by atoms with Gasteiger partial charge < -0.3 is 10.4 Å². The summed E-state index contributed by atoms with van der Waals surface area (Å²) in [5.41, 5.74) is 1.20. The van der Waals surface area contributed by atoms with Gasteiger partial charge in [-0.05, 0) is 44.2 Å². The maximum Gasteiger partial charge on any atom is 0.251 e. The summed E-state index contributed by atoms with van der Waals surface area (Å²) in [7, 11) is 0. The van der Waals surface area contributed by atoms with Crippen molar-refractivity contribution >= 4 is 21.8 Å². The molecule has 2 atom stereocenters. The van der Waals surface area contributed by atoms with Crippen LogP contribution in [-0.2, 0) is 0 Å². The van der Waals surface area contributed by atoms with E-state index in [0.717, 1.165) is 13.0 Å². The highest BCUT2D eigenvalue weighted by atomic mass is 79.9. The van der Waals surface area contributed by atoms with Gasteiger partial charge in [-0.15, -0.1) is 0 Å². The Balaban J connectivity index is 1.92. The maximum atomic E-state index is 12.1. The number of carbonyl (C=O) groups excluding carboxylic acids is 1. The summed E-state index contributed by atoms with van der Waals surface area (Å²) < 4.78 is 0. The first kappa shape index (κ1) is 14.4. The van der Waals surface area contributed by atoms with Gasteiger partial charge >= 0.3 is 0 Å². The van der Waals surface area contributed by atoms with Gasteiger partial charge in [0.15, 0.2) is 0 Å². The SMILES string of the molecule is Cc1c(O)cccc1C(=O)NCC1CCCC(Br)C1. The Morgan fingerprint density at radius 3 is 3.00 bits per heavy atom. The van der Waals surface area contributed by atoms with E-state index >= 15 is 0 Å². The molecule has 1 saturated carbocycles. The van der Waals surface area contributed by atoms with Crippen LogP contribution in [0.1, 0.15) is 41.6 Å². The number of halogens is 1. The van der Waals surface area contributed by atoms with Crippen molar-refractivity contribution in [1.29, 1.82) is 0 Å². The van der Waals surface area contributed by atoms with E-state index in [1.165, 1.54) is 19.3 Å². The van der Waals surface area contributed by atoms with Gasteiger partial charge in [-0.25, -0.2) is 0 Å². The van der Waals surface area contributed by atoms with Crippen molar-refractivity contribution in [3.05, 3.63) is 29.3 Å². The average Bonchev–Trinajstić information content (AvgIpc) is 2.39. The predicted molar refractivity (Wildman–Crippen MR) is 79.9 cm³/mol. The normalized spacial score (nSPS) is 23.1. The maximum absolute atomic E-state index is 12.1. The third-order valence-electron chi connectivity index (χ3n) is 3.82. The number of rotatable bonds is 3. The summed E-state index contributed by atoms with van der Waals surface area (Å²) in [5, 5.41) is 12.6. The van der Waals surface area contributed by atoms with Crippen LogP contribution in [-0.4, -0.2) is 22.4 Å². The molecule has 3 nitrogen and oxygen atoms in total. The summed E-state index contributed by atoms with van der Waals surface area (Å²) >= 11 is 3.66. The molecule has 1 aromatic rings. The van der Waals surface area contributed by atoms with E-state index in [1.54, 1.807) is 25.1 Å². The molecule has 1 aromatic carbocycles. The summed E-state index contributed by atoms with van der Waals surface area (Å²) in [5.74, 6) is 0.635. The van der Waals surface area contributed by atoms with Crippen molar-refractivity contribution in [2.75, 3.05) is 6.54 Å². The largest absolute Gasteiger partial charge is 0.508 e. The summed E-state index contributed by atoms with van der Waals surface area (Å²) in [6.07, 6.45) is 4.76. The zero-order valence-corrected chi connectivity index (χ0v) is 12.7. The van der Waals surface area contributed by atoms with Crippen LogP contribution in [0, 0.1) is 12.8 Å². The molecule has 0 aromatic heterocycles. The van der Waals surface area contributed by atoms with Crippen LogP contribution in [0.25, 0.3) is 0 Å². The Morgan fingerprint density at radius 2 is 2.26 bits per heavy atom. The number of amides is 1. The number of phenolic OH excluding ortho intramolecular Hbond substituents is 1. The lowest BCUT2D eigenvalue weighted by Gasteiger charge is -2.25. The second-order valence-electron chi connectivity index (χ2n) is 5.29. The standard InChI is InChI=1S/C15H20BrNO2/c1-10-13(6-3-7-14(10)18)15(19)17-9-11-4-2-5-12(16)8-11/h3,6-7,11-12,18H,2,4-5,8-9H2,1H3,(H,17,19). The molecule has 1 aliphatic carbocycles. The molecule has 1 fully saturated rings. The first-order chi connectivity index (χ1) is 9.08. The number of phenols is 1. The van der Waals surface area contributed by atoms with E-state index in [1.807, 2.05) is 0 Å². The summed E-state index contributed by atoms with van der Waals surface area (Å²) in [6.45, 7) is 2.48. The summed E-state index contributed by atoms with van der Waals surface area (Å²) in [4.78, 5) is 12.7. The van der Waals surface area contributed by atoms with Crippen LogP contribution < -0.4 is 5.32 Å². The third-order valence-corrected chi connectivity index (χ3v) is 4.65. The molecular formula is C15H20BrNO2. The second kappa shape index (κ2) is 6.42. The number of carbonyl (C=O) groups is 1. The molecular weight excluding hydrogens is 306 g/mol. The molecule has 0 radical (unpaired) electrons. The highest BCUT2D eigenvalue weighted by molar-refractivity contribution is 9.09. The van der Waals surface area contributed by atoms with Crippen molar-refractivity contribution in [3.8, 4) is 5.75 Å². The zero-order valence-electron chi connectivity index (χ0n) is 11.2. The van der Waals surface area contributed by atoms with Crippen LogP contribution in [0.5, 0.6) is 5.75 Å². The highest BCUT2D eigenvalue weighted by Crippen LogP contribution is 2.28. The van der Waals surface area contributed by atoms with Gasteiger partial charge in [0.2, 0.25) is 0 Å². The van der Waals surface area contributed by atoms with E-state index in [9.17, 15) is 9.90 Å². The fraction of sp³-hybridized carbons (Fsp3) is 0.533. The van der Waals surface area contributed by atoms with E-state index in [-0.39, 0.29) is 11.7 Å². The van der Waals surface area contributed by atoms with Gasteiger partial charge in [0, 0.05) is 22.5 Å². The Hall–Kier alpha value is -1.03. The molecule has 0 spiro atoms.